The van der Waals surface area contributed by atoms with Crippen molar-refractivity contribution in [2.45, 2.75) is 57.7 Å². The summed E-state index contributed by atoms with van der Waals surface area (Å²) >= 11 is 0. The van der Waals surface area contributed by atoms with Crippen LogP contribution in [0.4, 0.5) is 26.3 Å². The first-order valence-electron chi connectivity index (χ1n) is 10.9. The number of aryl methyl sites for hydroxylation is 2. The topological polar surface area (TPSA) is 107 Å². The number of nitrogens with zero attached hydrogens (tertiary/aromatic N) is 3. The molecule has 2 heterocycles. The number of rotatable bonds is 5. The van der Waals surface area contributed by atoms with Gasteiger partial charge in [-0.3, -0.25) is 4.90 Å². The van der Waals surface area contributed by atoms with Crippen LogP contribution in [0.2, 0.25) is 0 Å². The minimum atomic E-state index is -5.08. The van der Waals surface area contributed by atoms with E-state index in [0.29, 0.717) is 12.1 Å². The van der Waals surface area contributed by atoms with E-state index in [1.54, 1.807) is 0 Å². The molecule has 1 fully saturated rings. The fourth-order valence-corrected chi connectivity index (χ4v) is 3.75. The quantitative estimate of drug-likeness (QED) is 0.540. The van der Waals surface area contributed by atoms with Crippen LogP contribution in [0.1, 0.15) is 29.0 Å². The van der Waals surface area contributed by atoms with Gasteiger partial charge in [0, 0.05) is 30.7 Å². The van der Waals surface area contributed by atoms with E-state index in [4.69, 9.17) is 24.3 Å². The van der Waals surface area contributed by atoms with Gasteiger partial charge >= 0.3 is 24.3 Å². The summed E-state index contributed by atoms with van der Waals surface area (Å²) in [5, 5.41) is 18.4. The molecule has 2 N–H and O–H groups in total. The SMILES string of the molecule is Cc1noc(C)c1CN1CC[C@@H](N(C)C)[C@@H]1Cc1ccccc1.O=C(O)C(F)(F)F.O=C(O)C(F)(F)F. The molecule has 0 bridgehead atoms. The molecule has 1 aromatic carbocycles. The van der Waals surface area contributed by atoms with Crippen molar-refractivity contribution in [1.82, 2.24) is 15.0 Å². The monoisotopic (exact) mass is 541 g/mol. The molecule has 3 rings (SSSR count). The largest absolute Gasteiger partial charge is 0.490 e. The Morgan fingerprint density at radius 3 is 1.89 bits per heavy atom. The van der Waals surface area contributed by atoms with Crippen molar-refractivity contribution in [3.05, 3.63) is 52.9 Å². The van der Waals surface area contributed by atoms with Crippen LogP contribution >= 0.6 is 0 Å². The van der Waals surface area contributed by atoms with Crippen LogP contribution in [0.25, 0.3) is 0 Å². The van der Waals surface area contributed by atoms with Crippen LogP contribution in [0.3, 0.4) is 0 Å². The number of halogens is 6. The van der Waals surface area contributed by atoms with E-state index in [-0.39, 0.29) is 0 Å². The van der Waals surface area contributed by atoms with E-state index < -0.39 is 24.3 Å². The summed E-state index contributed by atoms with van der Waals surface area (Å²) in [6, 6.07) is 11.9. The number of alkyl halides is 6. The molecule has 37 heavy (non-hydrogen) atoms. The number of carboxylic acids is 2. The minimum absolute atomic E-state index is 0.529. The Labute approximate surface area is 209 Å². The molecule has 1 aromatic heterocycles. The lowest BCUT2D eigenvalue weighted by Gasteiger charge is -2.31. The summed E-state index contributed by atoms with van der Waals surface area (Å²) in [5.74, 6) is -4.56. The first kappa shape index (κ1) is 31.9. The summed E-state index contributed by atoms with van der Waals surface area (Å²) < 4.78 is 68.8. The van der Waals surface area contributed by atoms with Crippen molar-refractivity contribution < 1.29 is 50.7 Å². The molecular weight excluding hydrogens is 512 g/mol. The fourth-order valence-electron chi connectivity index (χ4n) is 3.75. The number of benzene rings is 1. The Bertz CT molecular complexity index is 965. The molecule has 1 saturated heterocycles. The fraction of sp³-hybridized carbons (Fsp3) is 0.522. The van der Waals surface area contributed by atoms with Crippen molar-refractivity contribution in [2.24, 2.45) is 0 Å². The van der Waals surface area contributed by atoms with Gasteiger partial charge in [0.2, 0.25) is 0 Å². The standard InChI is InChI=1S/C19H27N3O.2C2HF3O2/c1-14-17(15(2)23-20-14)13-22-11-10-18(21(3)4)19(22)12-16-8-6-5-7-9-16;2*3-2(4,5)1(6)7/h5-9,18-19H,10-13H2,1-4H3;2*(H,6,7)/t18-,19+;;/m1../s1. The van der Waals surface area contributed by atoms with Crippen molar-refractivity contribution in [1.29, 1.82) is 0 Å². The third-order valence-electron chi connectivity index (χ3n) is 5.60. The molecule has 2 atom stereocenters. The van der Waals surface area contributed by atoms with Crippen LogP contribution in [-0.4, -0.2) is 82.2 Å². The predicted octanol–water partition coefficient (Wildman–Crippen LogP) is 4.31. The lowest BCUT2D eigenvalue weighted by Crippen LogP contribution is -2.43. The van der Waals surface area contributed by atoms with Gasteiger partial charge in [-0.2, -0.15) is 26.3 Å². The Hall–Kier alpha value is -3.13. The van der Waals surface area contributed by atoms with Crippen LogP contribution in [0.15, 0.2) is 34.9 Å². The van der Waals surface area contributed by atoms with E-state index in [1.165, 1.54) is 17.5 Å². The number of aromatic nitrogens is 1. The maximum absolute atomic E-state index is 10.6. The lowest BCUT2D eigenvalue weighted by atomic mass is 9.99. The van der Waals surface area contributed by atoms with Gasteiger partial charge in [-0.05, 0) is 46.3 Å². The zero-order chi connectivity index (χ0) is 28.6. The molecule has 0 radical (unpaired) electrons. The molecule has 0 unspecified atom stereocenters. The van der Waals surface area contributed by atoms with E-state index in [2.05, 4.69) is 59.4 Å². The van der Waals surface area contributed by atoms with Gasteiger partial charge in [0.25, 0.3) is 0 Å². The first-order valence-corrected chi connectivity index (χ1v) is 10.9. The second kappa shape index (κ2) is 13.4. The van der Waals surface area contributed by atoms with Gasteiger partial charge in [-0.25, -0.2) is 9.59 Å². The number of carboxylic acid groups (broad SMARTS) is 2. The zero-order valence-electron chi connectivity index (χ0n) is 20.6. The zero-order valence-corrected chi connectivity index (χ0v) is 20.6. The number of hydrogen-bond donors (Lipinski definition) is 2. The molecule has 208 valence electrons. The molecule has 1 aliphatic rings. The molecular formula is C23H29F6N3O5. The maximum Gasteiger partial charge on any atom is 0.490 e. The molecule has 0 aliphatic carbocycles. The Balaban J connectivity index is 0.000000404. The number of carbonyl (C=O) groups is 2. The lowest BCUT2D eigenvalue weighted by molar-refractivity contribution is -0.193. The predicted molar refractivity (Wildman–Crippen MR) is 120 cm³/mol. The van der Waals surface area contributed by atoms with Crippen LogP contribution < -0.4 is 0 Å². The number of aliphatic carboxylic acids is 2. The molecule has 0 amide bonds. The third-order valence-corrected chi connectivity index (χ3v) is 5.60. The summed E-state index contributed by atoms with van der Waals surface area (Å²) in [7, 11) is 4.39. The highest BCUT2D eigenvalue weighted by Crippen LogP contribution is 2.28. The highest BCUT2D eigenvalue weighted by Gasteiger charge is 2.39. The summed E-state index contributed by atoms with van der Waals surface area (Å²) in [6.07, 6.45) is -7.86. The average molecular weight is 541 g/mol. The summed E-state index contributed by atoms with van der Waals surface area (Å²) in [6.45, 7) is 6.12. The van der Waals surface area contributed by atoms with Crippen LogP contribution in [-0.2, 0) is 22.6 Å². The Kier molecular flexibility index (Phi) is 11.6. The third kappa shape index (κ3) is 10.4. The second-order valence-electron chi connectivity index (χ2n) is 8.46. The van der Waals surface area contributed by atoms with Gasteiger partial charge in [0.05, 0.1) is 5.69 Å². The second-order valence-corrected chi connectivity index (χ2v) is 8.46. The van der Waals surface area contributed by atoms with Gasteiger partial charge in [-0.1, -0.05) is 35.5 Å². The normalized spacial score (nSPS) is 18.0. The van der Waals surface area contributed by atoms with Gasteiger partial charge < -0.3 is 19.6 Å². The summed E-state index contributed by atoms with van der Waals surface area (Å²) in [4.78, 5) is 22.8. The maximum atomic E-state index is 10.6. The molecule has 0 spiro atoms. The van der Waals surface area contributed by atoms with E-state index >= 15 is 0 Å². The molecule has 8 nitrogen and oxygen atoms in total. The van der Waals surface area contributed by atoms with E-state index in [0.717, 1.165) is 31.0 Å². The van der Waals surface area contributed by atoms with Gasteiger partial charge in [0.15, 0.2) is 0 Å². The molecule has 14 heteroatoms. The van der Waals surface area contributed by atoms with Crippen molar-refractivity contribution >= 4 is 11.9 Å². The molecule has 1 aliphatic heterocycles. The van der Waals surface area contributed by atoms with Crippen molar-refractivity contribution in [3.8, 4) is 0 Å². The summed E-state index contributed by atoms with van der Waals surface area (Å²) in [5.41, 5.74) is 3.69. The number of likely N-dealkylation sites (tertiary alicyclic amines) is 1. The van der Waals surface area contributed by atoms with Crippen LogP contribution in [0.5, 0.6) is 0 Å². The van der Waals surface area contributed by atoms with Gasteiger partial charge in [0.1, 0.15) is 5.76 Å². The Morgan fingerprint density at radius 1 is 1.03 bits per heavy atom. The highest BCUT2D eigenvalue weighted by molar-refractivity contribution is 5.73. The van der Waals surface area contributed by atoms with Gasteiger partial charge in [-0.15, -0.1) is 0 Å². The van der Waals surface area contributed by atoms with Crippen molar-refractivity contribution in [2.75, 3.05) is 20.6 Å². The number of hydrogen-bond acceptors (Lipinski definition) is 6. The molecule has 0 saturated carbocycles. The van der Waals surface area contributed by atoms with E-state index in [1.807, 2.05) is 13.8 Å². The number of likely N-dealkylation sites (N-methyl/N-ethyl adjacent to an activating group) is 1. The van der Waals surface area contributed by atoms with E-state index in [9.17, 15) is 26.3 Å². The van der Waals surface area contributed by atoms with Crippen molar-refractivity contribution in [3.63, 3.8) is 0 Å². The highest BCUT2D eigenvalue weighted by atomic mass is 19.4. The molecule has 2 aromatic rings. The minimum Gasteiger partial charge on any atom is -0.475 e. The Morgan fingerprint density at radius 2 is 1.51 bits per heavy atom. The first-order chi connectivity index (χ1) is 16.9. The smallest absolute Gasteiger partial charge is 0.475 e. The average Bonchev–Trinajstić information content (AvgIpc) is 3.32. The van der Waals surface area contributed by atoms with Crippen LogP contribution in [0, 0.1) is 13.8 Å².